The summed E-state index contributed by atoms with van der Waals surface area (Å²) in [6.07, 6.45) is 1.48. The van der Waals surface area contributed by atoms with Gasteiger partial charge in [0.25, 0.3) is 5.91 Å². The molecule has 0 aliphatic rings. The summed E-state index contributed by atoms with van der Waals surface area (Å²) in [7, 11) is 3.01. The molecule has 0 bridgehead atoms. The van der Waals surface area contributed by atoms with E-state index in [1.807, 2.05) is 32.0 Å². The molecule has 0 heterocycles. The fourth-order valence-electron chi connectivity index (χ4n) is 2.91. The van der Waals surface area contributed by atoms with Gasteiger partial charge in [-0.05, 0) is 85.1 Å². The number of nitrogens with zero attached hydrogens (tertiary/aromatic N) is 1. The van der Waals surface area contributed by atoms with Crippen molar-refractivity contribution in [1.29, 1.82) is 0 Å². The van der Waals surface area contributed by atoms with Gasteiger partial charge < -0.3 is 18.9 Å². The Morgan fingerprint density at radius 3 is 2.24 bits per heavy atom. The number of aryl methyl sites for hydroxylation is 2. The number of carbonyl (C=O) groups is 2. The number of hydrazone groups is 1. The van der Waals surface area contributed by atoms with E-state index in [0.717, 1.165) is 11.1 Å². The van der Waals surface area contributed by atoms with E-state index in [-0.39, 0.29) is 12.5 Å². The monoisotopic (exact) mass is 462 g/mol. The van der Waals surface area contributed by atoms with Crippen molar-refractivity contribution in [1.82, 2.24) is 5.43 Å². The smallest absolute Gasteiger partial charge is 0.343 e. The maximum absolute atomic E-state index is 12.4. The summed E-state index contributed by atoms with van der Waals surface area (Å²) in [6, 6.07) is 17.1. The highest BCUT2D eigenvalue weighted by Crippen LogP contribution is 2.28. The molecule has 176 valence electrons. The lowest BCUT2D eigenvalue weighted by Crippen LogP contribution is -2.24. The van der Waals surface area contributed by atoms with Gasteiger partial charge in [-0.25, -0.2) is 10.2 Å². The van der Waals surface area contributed by atoms with Crippen LogP contribution in [0, 0.1) is 13.8 Å². The van der Waals surface area contributed by atoms with E-state index in [4.69, 9.17) is 18.9 Å². The van der Waals surface area contributed by atoms with Crippen molar-refractivity contribution in [3.05, 3.63) is 82.9 Å². The van der Waals surface area contributed by atoms with Crippen LogP contribution in [0.2, 0.25) is 0 Å². The van der Waals surface area contributed by atoms with Crippen LogP contribution in [0.5, 0.6) is 23.0 Å². The summed E-state index contributed by atoms with van der Waals surface area (Å²) in [6.45, 7) is 3.84. The van der Waals surface area contributed by atoms with Crippen LogP contribution in [-0.4, -0.2) is 38.9 Å². The third kappa shape index (κ3) is 6.59. The number of hydrogen-bond donors (Lipinski definition) is 1. The van der Waals surface area contributed by atoms with Crippen molar-refractivity contribution < 1.29 is 28.5 Å². The normalized spacial score (nSPS) is 10.6. The summed E-state index contributed by atoms with van der Waals surface area (Å²) in [5.41, 5.74) is 5.70. The van der Waals surface area contributed by atoms with Crippen LogP contribution >= 0.6 is 0 Å². The Kier molecular flexibility index (Phi) is 8.23. The van der Waals surface area contributed by atoms with E-state index in [1.54, 1.807) is 42.5 Å². The minimum Gasteiger partial charge on any atom is -0.493 e. The van der Waals surface area contributed by atoms with Gasteiger partial charge in [0.2, 0.25) is 0 Å². The van der Waals surface area contributed by atoms with Crippen molar-refractivity contribution in [2.24, 2.45) is 5.10 Å². The van der Waals surface area contributed by atoms with Crippen LogP contribution in [0.4, 0.5) is 0 Å². The predicted octanol–water partition coefficient (Wildman–Crippen LogP) is 4.07. The van der Waals surface area contributed by atoms with Crippen LogP contribution in [0.3, 0.4) is 0 Å². The fraction of sp³-hybridized carbons (Fsp3) is 0.192. The first kappa shape index (κ1) is 24.3. The van der Waals surface area contributed by atoms with Gasteiger partial charge in [-0.2, -0.15) is 5.10 Å². The summed E-state index contributed by atoms with van der Waals surface area (Å²) >= 11 is 0. The SMILES string of the molecule is COc1ccc(C(=O)Oc2ccc(/C=N/NC(=O)COc3ccc(C)c(C)c3)cc2)cc1OC. The molecule has 0 saturated heterocycles. The van der Waals surface area contributed by atoms with E-state index in [2.05, 4.69) is 10.5 Å². The predicted molar refractivity (Wildman–Crippen MR) is 128 cm³/mol. The number of hydrogen-bond acceptors (Lipinski definition) is 7. The Morgan fingerprint density at radius 2 is 1.56 bits per heavy atom. The van der Waals surface area contributed by atoms with Gasteiger partial charge in [-0.3, -0.25) is 4.79 Å². The summed E-state index contributed by atoms with van der Waals surface area (Å²) in [5, 5.41) is 3.92. The van der Waals surface area contributed by atoms with Gasteiger partial charge in [0, 0.05) is 0 Å². The average molecular weight is 463 g/mol. The quantitative estimate of drug-likeness (QED) is 0.223. The van der Waals surface area contributed by atoms with Crippen molar-refractivity contribution in [2.45, 2.75) is 13.8 Å². The second kappa shape index (κ2) is 11.5. The van der Waals surface area contributed by atoms with Gasteiger partial charge in [-0.1, -0.05) is 6.07 Å². The Bertz CT molecular complexity index is 1190. The minimum atomic E-state index is -0.529. The Labute approximate surface area is 198 Å². The molecule has 8 nitrogen and oxygen atoms in total. The first-order valence-electron chi connectivity index (χ1n) is 10.5. The zero-order valence-electron chi connectivity index (χ0n) is 19.5. The molecule has 1 N–H and O–H groups in total. The van der Waals surface area contributed by atoms with Crippen molar-refractivity contribution in [3.8, 4) is 23.0 Å². The summed E-state index contributed by atoms with van der Waals surface area (Å²) < 4.78 is 21.2. The van der Waals surface area contributed by atoms with Crippen LogP contribution in [0.25, 0.3) is 0 Å². The first-order valence-corrected chi connectivity index (χ1v) is 10.5. The lowest BCUT2D eigenvalue weighted by atomic mass is 10.1. The highest BCUT2D eigenvalue weighted by molar-refractivity contribution is 5.92. The molecule has 0 atom stereocenters. The number of nitrogens with one attached hydrogen (secondary N) is 1. The molecule has 0 radical (unpaired) electrons. The molecule has 0 aliphatic carbocycles. The molecule has 34 heavy (non-hydrogen) atoms. The maximum Gasteiger partial charge on any atom is 0.343 e. The van der Waals surface area contributed by atoms with Crippen LogP contribution in [-0.2, 0) is 4.79 Å². The molecule has 0 saturated carbocycles. The largest absolute Gasteiger partial charge is 0.493 e. The number of amides is 1. The van der Waals surface area contributed by atoms with Gasteiger partial charge in [0.1, 0.15) is 11.5 Å². The lowest BCUT2D eigenvalue weighted by Gasteiger charge is -2.09. The molecule has 0 fully saturated rings. The van der Waals surface area contributed by atoms with Crippen LogP contribution in [0.15, 0.2) is 65.8 Å². The number of carbonyl (C=O) groups excluding carboxylic acids is 2. The van der Waals surface area contributed by atoms with Crippen molar-refractivity contribution in [2.75, 3.05) is 20.8 Å². The van der Waals surface area contributed by atoms with Crippen LogP contribution in [0.1, 0.15) is 27.0 Å². The molecule has 0 aliphatic heterocycles. The number of benzene rings is 3. The fourth-order valence-corrected chi connectivity index (χ4v) is 2.91. The van der Waals surface area contributed by atoms with Crippen LogP contribution < -0.4 is 24.4 Å². The molecular formula is C26H26N2O6. The molecule has 0 spiro atoms. The average Bonchev–Trinajstić information content (AvgIpc) is 2.85. The van der Waals surface area contributed by atoms with E-state index >= 15 is 0 Å². The minimum absolute atomic E-state index is 0.148. The second-order valence-electron chi connectivity index (χ2n) is 7.36. The van der Waals surface area contributed by atoms with Gasteiger partial charge >= 0.3 is 5.97 Å². The molecule has 3 rings (SSSR count). The molecular weight excluding hydrogens is 436 g/mol. The van der Waals surface area contributed by atoms with Gasteiger partial charge in [0.15, 0.2) is 18.1 Å². The molecule has 8 heteroatoms. The summed E-state index contributed by atoms with van der Waals surface area (Å²) in [4.78, 5) is 24.3. The van der Waals surface area contributed by atoms with E-state index < -0.39 is 5.97 Å². The highest BCUT2D eigenvalue weighted by atomic mass is 16.5. The number of methoxy groups -OCH3 is 2. The number of ether oxygens (including phenoxy) is 4. The van der Waals surface area contributed by atoms with E-state index in [9.17, 15) is 9.59 Å². The summed E-state index contributed by atoms with van der Waals surface area (Å²) in [5.74, 6) is 1.04. The molecule has 0 unspecified atom stereocenters. The van der Waals surface area contributed by atoms with Gasteiger partial charge in [0.05, 0.1) is 26.0 Å². The van der Waals surface area contributed by atoms with Crippen molar-refractivity contribution >= 4 is 18.1 Å². The molecule has 0 aromatic heterocycles. The van der Waals surface area contributed by atoms with E-state index in [0.29, 0.717) is 34.1 Å². The lowest BCUT2D eigenvalue weighted by molar-refractivity contribution is -0.123. The zero-order valence-corrected chi connectivity index (χ0v) is 19.5. The number of esters is 1. The standard InChI is InChI=1S/C26H26N2O6/c1-17-5-9-22(13-18(17)2)33-16-25(29)28-27-15-19-6-10-21(11-7-19)34-26(30)20-8-12-23(31-3)24(14-20)32-4/h5-15H,16H2,1-4H3,(H,28,29)/b27-15+. The Hall–Kier alpha value is -4.33. The highest BCUT2D eigenvalue weighted by Gasteiger charge is 2.13. The van der Waals surface area contributed by atoms with Gasteiger partial charge in [-0.15, -0.1) is 0 Å². The maximum atomic E-state index is 12.4. The second-order valence-corrected chi connectivity index (χ2v) is 7.36. The molecule has 3 aromatic rings. The molecule has 3 aromatic carbocycles. The zero-order chi connectivity index (χ0) is 24.5. The van der Waals surface area contributed by atoms with Crippen molar-refractivity contribution in [3.63, 3.8) is 0 Å². The first-order chi connectivity index (χ1) is 16.4. The molecule has 1 amide bonds. The Morgan fingerprint density at radius 1 is 0.853 bits per heavy atom. The third-order valence-electron chi connectivity index (χ3n) is 4.96. The number of rotatable bonds is 9. The Balaban J connectivity index is 1.49. The topological polar surface area (TPSA) is 95.5 Å². The van der Waals surface area contributed by atoms with E-state index in [1.165, 1.54) is 20.4 Å². The third-order valence-corrected chi connectivity index (χ3v) is 4.96.